The van der Waals surface area contributed by atoms with Crippen molar-refractivity contribution in [3.05, 3.63) is 0 Å². The molecule has 0 amide bonds. The molecular weight excluding hydrogens is 238 g/mol. The van der Waals surface area contributed by atoms with Crippen molar-refractivity contribution in [3.8, 4) is 0 Å². The molecule has 0 aromatic heterocycles. The molecule has 90 valence electrons. The Labute approximate surface area is 99.9 Å². The van der Waals surface area contributed by atoms with Gasteiger partial charge in [-0.3, -0.25) is 4.79 Å². The molecule has 0 spiro atoms. The first-order chi connectivity index (χ1) is 7.10. The second kappa shape index (κ2) is 9.27. The Morgan fingerprint density at radius 1 is 1.47 bits per heavy atom. The summed E-state index contributed by atoms with van der Waals surface area (Å²) in [6.45, 7) is 5.84. The number of halogens is 1. The van der Waals surface area contributed by atoms with Crippen LogP contribution in [-0.4, -0.2) is 43.2 Å². The van der Waals surface area contributed by atoms with Crippen molar-refractivity contribution in [2.75, 3.05) is 26.8 Å². The predicted octanol–water partition coefficient (Wildman–Crippen LogP) is 2.08. The maximum atomic E-state index is 10.9. The van der Waals surface area contributed by atoms with Gasteiger partial charge in [0, 0.05) is 24.3 Å². The lowest BCUT2D eigenvalue weighted by Crippen LogP contribution is -2.24. The van der Waals surface area contributed by atoms with Crippen LogP contribution in [0, 0.1) is 0 Å². The molecule has 0 fully saturated rings. The molecule has 0 aliphatic carbocycles. The van der Waals surface area contributed by atoms with Gasteiger partial charge < -0.3 is 9.47 Å². The number of carbonyl (C=O) groups is 1. The third-order valence-corrected chi connectivity index (χ3v) is 2.83. The van der Waals surface area contributed by atoms with Crippen molar-refractivity contribution in [2.45, 2.75) is 26.4 Å². The van der Waals surface area contributed by atoms with E-state index in [0.717, 1.165) is 11.2 Å². The van der Waals surface area contributed by atoms with Crippen LogP contribution in [0.2, 0.25) is 0 Å². The summed E-state index contributed by atoms with van der Waals surface area (Å²) in [5.41, 5.74) is 0. The summed E-state index contributed by atoms with van der Waals surface area (Å²) in [7, 11) is 7.02. The second-order valence-corrected chi connectivity index (χ2v) is 4.31. The number of rotatable bonds is 8. The number of esters is 1. The molecule has 0 saturated carbocycles. The van der Waals surface area contributed by atoms with E-state index in [1.807, 2.05) is 18.2 Å². The van der Waals surface area contributed by atoms with E-state index in [2.05, 4.69) is 4.74 Å². The number of hydrogen-bond donors (Lipinski definition) is 0. The Balaban J connectivity index is 3.59. The Morgan fingerprint density at radius 3 is 2.60 bits per heavy atom. The summed E-state index contributed by atoms with van der Waals surface area (Å²) in [4.78, 5) is 10.9. The van der Waals surface area contributed by atoms with Crippen LogP contribution < -0.4 is 0 Å². The molecule has 15 heavy (non-hydrogen) atoms. The molecule has 0 unspecified atom stereocenters. The van der Waals surface area contributed by atoms with Gasteiger partial charge in [-0.05, 0) is 24.5 Å². The van der Waals surface area contributed by atoms with Crippen LogP contribution in [0.15, 0.2) is 0 Å². The highest BCUT2D eigenvalue weighted by atomic mass is 35.7. The van der Waals surface area contributed by atoms with E-state index in [9.17, 15) is 4.79 Å². The zero-order valence-electron chi connectivity index (χ0n) is 9.36. The molecule has 6 heteroatoms. The fraction of sp³-hybridized carbons (Fsp3) is 0.889. The van der Waals surface area contributed by atoms with Crippen LogP contribution in [0.25, 0.3) is 0 Å². The van der Waals surface area contributed by atoms with E-state index in [0.29, 0.717) is 26.1 Å². The molecule has 0 aliphatic heterocycles. The third-order valence-electron chi connectivity index (χ3n) is 1.68. The fourth-order valence-electron chi connectivity index (χ4n) is 0.889. The van der Waals surface area contributed by atoms with Gasteiger partial charge >= 0.3 is 5.97 Å². The van der Waals surface area contributed by atoms with Gasteiger partial charge in [0.15, 0.2) is 0 Å². The van der Waals surface area contributed by atoms with Crippen LogP contribution in [0.3, 0.4) is 0 Å². The van der Waals surface area contributed by atoms with Gasteiger partial charge in [0.2, 0.25) is 0 Å². The number of hydrogen-bond acceptors (Lipinski definition) is 5. The summed E-state index contributed by atoms with van der Waals surface area (Å²) >= 11 is 1.09. The highest BCUT2D eigenvalue weighted by Gasteiger charge is 2.08. The standard InChI is InChI=1S/C9H18ClNO3S/c1-8(2)14-7-6-11(15-10)5-4-9(12)13-3/h8H,4-7H2,1-3H3. The van der Waals surface area contributed by atoms with Crippen LogP contribution in [0.4, 0.5) is 0 Å². The average molecular weight is 256 g/mol. The Hall–Kier alpha value is 0.0300. The summed E-state index contributed by atoms with van der Waals surface area (Å²) < 4.78 is 11.8. The normalized spacial score (nSPS) is 11.1. The molecule has 0 rings (SSSR count). The first kappa shape index (κ1) is 15.0. The lowest BCUT2D eigenvalue weighted by molar-refractivity contribution is -0.140. The van der Waals surface area contributed by atoms with E-state index in [-0.39, 0.29) is 12.1 Å². The lowest BCUT2D eigenvalue weighted by atomic mass is 10.4. The van der Waals surface area contributed by atoms with E-state index in [1.165, 1.54) is 7.11 Å². The molecule has 0 aromatic carbocycles. The summed E-state index contributed by atoms with van der Waals surface area (Å²) in [5.74, 6) is -0.226. The molecule has 4 nitrogen and oxygen atoms in total. The summed E-state index contributed by atoms with van der Waals surface area (Å²) in [6, 6.07) is 0. The summed E-state index contributed by atoms with van der Waals surface area (Å²) in [6.07, 6.45) is 0.561. The minimum atomic E-state index is -0.226. The van der Waals surface area contributed by atoms with Crippen LogP contribution in [0.5, 0.6) is 0 Å². The zero-order valence-corrected chi connectivity index (χ0v) is 10.9. The molecule has 0 bridgehead atoms. The SMILES string of the molecule is COC(=O)CCN(CCOC(C)C)SCl. The Morgan fingerprint density at radius 2 is 2.13 bits per heavy atom. The van der Waals surface area contributed by atoms with Gasteiger partial charge in [-0.1, -0.05) is 0 Å². The summed E-state index contributed by atoms with van der Waals surface area (Å²) in [5, 5.41) is 0. The quantitative estimate of drug-likeness (QED) is 0.491. The number of methoxy groups -OCH3 is 1. The van der Waals surface area contributed by atoms with Crippen LogP contribution >= 0.6 is 21.8 Å². The molecule has 0 heterocycles. The van der Waals surface area contributed by atoms with Gasteiger partial charge in [-0.2, -0.15) is 0 Å². The maximum Gasteiger partial charge on any atom is 0.306 e. The van der Waals surface area contributed by atoms with Gasteiger partial charge in [0.25, 0.3) is 0 Å². The fourth-order valence-corrected chi connectivity index (χ4v) is 1.61. The van der Waals surface area contributed by atoms with Crippen LogP contribution in [0.1, 0.15) is 20.3 Å². The van der Waals surface area contributed by atoms with Crippen molar-refractivity contribution < 1.29 is 14.3 Å². The zero-order chi connectivity index (χ0) is 11.7. The van der Waals surface area contributed by atoms with Crippen molar-refractivity contribution in [1.29, 1.82) is 0 Å². The molecule has 0 atom stereocenters. The van der Waals surface area contributed by atoms with E-state index >= 15 is 0 Å². The van der Waals surface area contributed by atoms with Gasteiger partial charge in [-0.15, -0.1) is 0 Å². The van der Waals surface area contributed by atoms with Gasteiger partial charge in [0.1, 0.15) is 0 Å². The maximum absolute atomic E-state index is 10.9. The first-order valence-corrected chi connectivity index (χ1v) is 6.42. The highest BCUT2D eigenvalue weighted by Crippen LogP contribution is 2.14. The number of ether oxygens (including phenoxy) is 2. The minimum Gasteiger partial charge on any atom is -0.469 e. The molecule has 0 aliphatic rings. The molecule has 0 saturated heterocycles. The van der Waals surface area contributed by atoms with Crippen molar-refractivity contribution >= 4 is 27.8 Å². The minimum absolute atomic E-state index is 0.216. The van der Waals surface area contributed by atoms with Crippen molar-refractivity contribution in [2.24, 2.45) is 0 Å². The predicted molar refractivity (Wildman–Crippen MR) is 62.7 cm³/mol. The van der Waals surface area contributed by atoms with Crippen molar-refractivity contribution in [3.63, 3.8) is 0 Å². The van der Waals surface area contributed by atoms with Crippen molar-refractivity contribution in [1.82, 2.24) is 4.31 Å². The van der Waals surface area contributed by atoms with Crippen LogP contribution in [-0.2, 0) is 14.3 Å². The van der Waals surface area contributed by atoms with E-state index < -0.39 is 0 Å². The highest BCUT2D eigenvalue weighted by molar-refractivity contribution is 8.19. The molecule has 0 N–H and O–H groups in total. The Kier molecular flexibility index (Phi) is 9.29. The second-order valence-electron chi connectivity index (χ2n) is 3.24. The topological polar surface area (TPSA) is 38.8 Å². The monoisotopic (exact) mass is 255 g/mol. The lowest BCUT2D eigenvalue weighted by Gasteiger charge is -2.17. The van der Waals surface area contributed by atoms with E-state index in [4.69, 9.17) is 15.4 Å². The molecular formula is C9H18ClNO3S. The first-order valence-electron chi connectivity index (χ1n) is 4.82. The third kappa shape index (κ3) is 8.99. The number of carbonyl (C=O) groups excluding carboxylic acids is 1. The Bertz CT molecular complexity index is 181. The average Bonchev–Trinajstić information content (AvgIpc) is 2.22. The molecule has 0 radical (unpaired) electrons. The number of nitrogens with zero attached hydrogens (tertiary/aromatic N) is 1. The smallest absolute Gasteiger partial charge is 0.306 e. The largest absolute Gasteiger partial charge is 0.469 e. The van der Waals surface area contributed by atoms with E-state index in [1.54, 1.807) is 0 Å². The molecule has 0 aromatic rings. The van der Waals surface area contributed by atoms with Gasteiger partial charge in [-0.25, -0.2) is 4.31 Å². The van der Waals surface area contributed by atoms with Gasteiger partial charge in [0.05, 0.1) is 26.2 Å².